The normalized spacial score (nSPS) is 28.6. The van der Waals surface area contributed by atoms with Gasteiger partial charge in [0.2, 0.25) is 5.91 Å². The highest BCUT2D eigenvalue weighted by Gasteiger charge is 2.37. The van der Waals surface area contributed by atoms with Crippen LogP contribution in [0.15, 0.2) is 15.9 Å². The van der Waals surface area contributed by atoms with Crippen molar-refractivity contribution in [3.05, 3.63) is 20.8 Å². The quantitative estimate of drug-likeness (QED) is 0.844. The van der Waals surface area contributed by atoms with Gasteiger partial charge in [0.05, 0.1) is 12.6 Å². The molecule has 2 fully saturated rings. The largest absolute Gasteiger partial charge is 0.350 e. The third-order valence-electron chi connectivity index (χ3n) is 4.29. The lowest BCUT2D eigenvalue weighted by Gasteiger charge is -2.24. The molecular weight excluding hydrogens is 360 g/mol. The lowest BCUT2D eigenvalue weighted by atomic mass is 9.85. The van der Waals surface area contributed by atoms with E-state index in [-0.39, 0.29) is 24.4 Å². The van der Waals surface area contributed by atoms with E-state index in [0.29, 0.717) is 12.6 Å². The summed E-state index contributed by atoms with van der Waals surface area (Å²) < 4.78 is 1.09. The van der Waals surface area contributed by atoms with Crippen LogP contribution in [0.5, 0.6) is 0 Å². The lowest BCUT2D eigenvalue weighted by Crippen LogP contribution is -2.42. The summed E-state index contributed by atoms with van der Waals surface area (Å²) in [6.07, 6.45) is 6.19. The number of halogens is 2. The average molecular weight is 380 g/mol. The number of hydrogen-bond donors (Lipinski definition) is 2. The van der Waals surface area contributed by atoms with Crippen molar-refractivity contribution in [1.82, 2.24) is 10.6 Å². The molecule has 1 amide bonds. The molecule has 2 heterocycles. The zero-order valence-electron chi connectivity index (χ0n) is 11.2. The Labute approximate surface area is 138 Å². The Morgan fingerprint density at radius 1 is 1.45 bits per heavy atom. The number of thiophene rings is 1. The number of hydrogen-bond acceptors (Lipinski definition) is 3. The van der Waals surface area contributed by atoms with Gasteiger partial charge in [-0.05, 0) is 52.6 Å². The second kappa shape index (κ2) is 7.25. The monoisotopic (exact) mass is 378 g/mol. The minimum Gasteiger partial charge on any atom is -0.350 e. The highest BCUT2D eigenvalue weighted by molar-refractivity contribution is 9.10. The number of carbonyl (C=O) groups excluding carboxylic acids is 1. The van der Waals surface area contributed by atoms with Crippen molar-refractivity contribution in [2.45, 2.75) is 50.7 Å². The van der Waals surface area contributed by atoms with E-state index in [9.17, 15) is 4.79 Å². The van der Waals surface area contributed by atoms with Crippen LogP contribution in [0.2, 0.25) is 0 Å². The molecule has 6 heteroatoms. The van der Waals surface area contributed by atoms with Gasteiger partial charge >= 0.3 is 0 Å². The molecule has 0 radical (unpaired) electrons. The summed E-state index contributed by atoms with van der Waals surface area (Å²) >= 11 is 5.17. The summed E-state index contributed by atoms with van der Waals surface area (Å²) in [6, 6.07) is 2.62. The molecule has 20 heavy (non-hydrogen) atoms. The van der Waals surface area contributed by atoms with Crippen LogP contribution in [0.1, 0.15) is 37.0 Å². The first-order valence-corrected chi connectivity index (χ1v) is 8.67. The molecule has 0 aromatic carbocycles. The minimum atomic E-state index is 0. The summed E-state index contributed by atoms with van der Waals surface area (Å²) in [5.41, 5.74) is 0. The maximum Gasteiger partial charge on any atom is 0.237 e. The van der Waals surface area contributed by atoms with E-state index in [4.69, 9.17) is 0 Å². The molecule has 2 aliphatic rings. The predicted molar refractivity (Wildman–Crippen MR) is 88.4 cm³/mol. The molecule has 2 N–H and O–H groups in total. The van der Waals surface area contributed by atoms with E-state index < -0.39 is 0 Å². The van der Waals surface area contributed by atoms with E-state index in [0.717, 1.165) is 16.8 Å². The van der Waals surface area contributed by atoms with Gasteiger partial charge in [-0.3, -0.25) is 4.79 Å². The smallest absolute Gasteiger partial charge is 0.237 e. The summed E-state index contributed by atoms with van der Waals surface area (Å²) in [6.45, 7) is 0.630. The van der Waals surface area contributed by atoms with Crippen molar-refractivity contribution < 1.29 is 4.79 Å². The fraction of sp³-hybridized carbons (Fsp3) is 0.643. The fourth-order valence-electron chi connectivity index (χ4n) is 3.26. The van der Waals surface area contributed by atoms with E-state index in [1.54, 1.807) is 11.3 Å². The van der Waals surface area contributed by atoms with E-state index in [1.807, 2.05) is 11.4 Å². The maximum absolute atomic E-state index is 12.2. The van der Waals surface area contributed by atoms with Crippen LogP contribution < -0.4 is 10.6 Å². The molecule has 112 valence electrons. The van der Waals surface area contributed by atoms with Crippen LogP contribution in [-0.2, 0) is 11.3 Å². The predicted octanol–water partition coefficient (Wildman–Crippen LogP) is 3.47. The van der Waals surface area contributed by atoms with Crippen molar-refractivity contribution in [3.63, 3.8) is 0 Å². The van der Waals surface area contributed by atoms with Gasteiger partial charge in [-0.1, -0.05) is 12.8 Å². The number of fused-ring (bicyclic) bond motifs is 1. The Kier molecular flexibility index (Phi) is 5.90. The minimum absolute atomic E-state index is 0. The van der Waals surface area contributed by atoms with Crippen LogP contribution in [0, 0.1) is 5.92 Å². The average Bonchev–Trinajstić information content (AvgIpc) is 3.01. The van der Waals surface area contributed by atoms with Crippen LogP contribution in [0.25, 0.3) is 0 Å². The number of nitrogens with one attached hydrogen (secondary N) is 2. The van der Waals surface area contributed by atoms with Gasteiger partial charge in [0.15, 0.2) is 0 Å². The standard InChI is InChI=1S/C14H19BrN2OS.ClH/c15-10-5-6-19-13(10)8-16-14(18)12-7-9-3-1-2-4-11(9)17-12;/h5-6,9,11-12,17H,1-4,7-8H2,(H,16,18);1H. The summed E-state index contributed by atoms with van der Waals surface area (Å²) in [4.78, 5) is 13.4. The van der Waals surface area contributed by atoms with Crippen LogP contribution in [0.4, 0.5) is 0 Å². The maximum atomic E-state index is 12.2. The van der Waals surface area contributed by atoms with Gasteiger partial charge in [-0.2, -0.15) is 0 Å². The zero-order valence-corrected chi connectivity index (χ0v) is 14.5. The van der Waals surface area contributed by atoms with E-state index in [2.05, 4.69) is 26.6 Å². The molecule has 1 saturated carbocycles. The molecule has 1 aliphatic carbocycles. The second-order valence-corrected chi connectivity index (χ2v) is 7.37. The van der Waals surface area contributed by atoms with E-state index in [1.165, 1.54) is 30.6 Å². The van der Waals surface area contributed by atoms with Gasteiger partial charge in [0, 0.05) is 15.4 Å². The molecule has 3 nitrogen and oxygen atoms in total. The number of carbonyl (C=O) groups is 1. The Balaban J connectivity index is 0.00000147. The van der Waals surface area contributed by atoms with E-state index >= 15 is 0 Å². The Morgan fingerprint density at radius 3 is 2.95 bits per heavy atom. The number of amides is 1. The summed E-state index contributed by atoms with van der Waals surface area (Å²) in [7, 11) is 0. The van der Waals surface area contributed by atoms with Crippen molar-refractivity contribution in [2.75, 3.05) is 0 Å². The SMILES string of the molecule is Cl.O=C(NCc1sccc1Br)C1CC2CCCCC2N1. The Hall–Kier alpha value is -0.100. The van der Waals surface area contributed by atoms with Gasteiger partial charge < -0.3 is 10.6 Å². The third-order valence-corrected chi connectivity index (χ3v) is 6.22. The molecule has 3 atom stereocenters. The Bertz CT molecular complexity index is 454. The van der Waals surface area contributed by atoms with Gasteiger partial charge in [0.1, 0.15) is 0 Å². The molecule has 3 unspecified atom stereocenters. The van der Waals surface area contributed by atoms with Crippen molar-refractivity contribution in [1.29, 1.82) is 0 Å². The zero-order chi connectivity index (χ0) is 13.2. The molecular formula is C14H20BrClN2OS. The van der Waals surface area contributed by atoms with Crippen LogP contribution in [0.3, 0.4) is 0 Å². The second-order valence-electron chi connectivity index (χ2n) is 5.52. The molecule has 1 aromatic heterocycles. The lowest BCUT2D eigenvalue weighted by molar-refractivity contribution is -0.123. The molecule has 0 spiro atoms. The molecule has 0 bridgehead atoms. The highest BCUT2D eigenvalue weighted by atomic mass is 79.9. The molecule has 3 rings (SSSR count). The van der Waals surface area contributed by atoms with Crippen molar-refractivity contribution in [3.8, 4) is 0 Å². The summed E-state index contributed by atoms with van der Waals surface area (Å²) in [5.74, 6) is 0.882. The van der Waals surface area contributed by atoms with Gasteiger partial charge in [0.25, 0.3) is 0 Å². The molecule has 1 saturated heterocycles. The fourth-order valence-corrected chi connectivity index (χ4v) is 4.70. The first-order chi connectivity index (χ1) is 9.24. The topological polar surface area (TPSA) is 41.1 Å². The van der Waals surface area contributed by atoms with Crippen molar-refractivity contribution in [2.24, 2.45) is 5.92 Å². The first-order valence-electron chi connectivity index (χ1n) is 6.99. The highest BCUT2D eigenvalue weighted by Crippen LogP contribution is 2.33. The van der Waals surface area contributed by atoms with Crippen LogP contribution in [-0.4, -0.2) is 18.0 Å². The van der Waals surface area contributed by atoms with Crippen LogP contribution >= 0.6 is 39.7 Å². The van der Waals surface area contributed by atoms with Gasteiger partial charge in [-0.15, -0.1) is 23.7 Å². The third kappa shape index (κ3) is 3.56. The number of rotatable bonds is 3. The Morgan fingerprint density at radius 2 is 2.25 bits per heavy atom. The first kappa shape index (κ1) is 16.3. The molecule has 1 aromatic rings. The van der Waals surface area contributed by atoms with Gasteiger partial charge in [-0.25, -0.2) is 0 Å². The van der Waals surface area contributed by atoms with Crippen molar-refractivity contribution >= 4 is 45.6 Å². The summed E-state index contributed by atoms with van der Waals surface area (Å²) in [5, 5.41) is 8.61. The molecule has 1 aliphatic heterocycles.